The Labute approximate surface area is 160 Å². The van der Waals surface area contributed by atoms with E-state index in [1.54, 1.807) is 15.7 Å². The molecule has 2 aliphatic rings. The minimum absolute atomic E-state index is 0.0786. The Bertz CT molecular complexity index is 825. The van der Waals surface area contributed by atoms with Crippen LogP contribution in [0.15, 0.2) is 6.08 Å². The van der Waals surface area contributed by atoms with Crippen molar-refractivity contribution in [3.8, 4) is 0 Å². The van der Waals surface area contributed by atoms with Crippen molar-refractivity contribution >= 4 is 33.4 Å². The van der Waals surface area contributed by atoms with Crippen molar-refractivity contribution in [2.45, 2.75) is 58.7 Å². The van der Waals surface area contributed by atoms with E-state index in [0.29, 0.717) is 17.5 Å². The molecule has 1 saturated heterocycles. The smallest absolute Gasteiger partial charge is 0.247 e. The third-order valence-electron chi connectivity index (χ3n) is 4.84. The molecule has 144 valence electrons. The predicted molar refractivity (Wildman–Crippen MR) is 103 cm³/mol. The van der Waals surface area contributed by atoms with Gasteiger partial charge in [-0.05, 0) is 38.2 Å². The van der Waals surface area contributed by atoms with Crippen LogP contribution in [0.5, 0.6) is 0 Å². The van der Waals surface area contributed by atoms with E-state index in [9.17, 15) is 13.2 Å². The van der Waals surface area contributed by atoms with Crippen LogP contribution in [0.3, 0.4) is 0 Å². The average molecular weight is 400 g/mol. The molecule has 0 bridgehead atoms. The molecule has 0 radical (unpaired) electrons. The van der Waals surface area contributed by atoms with Gasteiger partial charge in [-0.3, -0.25) is 9.48 Å². The molecule has 1 amide bonds. The molecule has 1 aliphatic heterocycles. The SMILES string of the molecule is Cc1nn(CC(C)C)c(Cl)c1C=CC(=O)N(C1CC1)C1CCS(=O)(=O)C1. The Hall–Kier alpha value is -1.34. The number of hydrogen-bond acceptors (Lipinski definition) is 4. The molecule has 1 unspecified atom stereocenters. The summed E-state index contributed by atoms with van der Waals surface area (Å²) in [4.78, 5) is 14.5. The Morgan fingerprint density at radius 1 is 1.35 bits per heavy atom. The van der Waals surface area contributed by atoms with Gasteiger partial charge in [-0.15, -0.1) is 0 Å². The molecule has 1 aromatic rings. The van der Waals surface area contributed by atoms with E-state index >= 15 is 0 Å². The quantitative estimate of drug-likeness (QED) is 0.689. The number of aryl methyl sites for hydroxylation is 1. The highest BCUT2D eigenvalue weighted by Crippen LogP contribution is 2.32. The Morgan fingerprint density at radius 3 is 2.58 bits per heavy atom. The van der Waals surface area contributed by atoms with Crippen LogP contribution in [-0.4, -0.2) is 52.6 Å². The number of rotatable bonds is 6. The topological polar surface area (TPSA) is 72.3 Å². The van der Waals surface area contributed by atoms with Gasteiger partial charge in [0, 0.05) is 30.3 Å². The summed E-state index contributed by atoms with van der Waals surface area (Å²) in [5, 5.41) is 4.98. The highest BCUT2D eigenvalue weighted by Gasteiger charge is 2.41. The monoisotopic (exact) mass is 399 g/mol. The van der Waals surface area contributed by atoms with E-state index in [4.69, 9.17) is 11.6 Å². The van der Waals surface area contributed by atoms with Gasteiger partial charge in [0.1, 0.15) is 5.15 Å². The average Bonchev–Trinajstić information content (AvgIpc) is 3.24. The zero-order chi connectivity index (χ0) is 19.1. The first-order valence-electron chi connectivity index (χ1n) is 9.11. The summed E-state index contributed by atoms with van der Waals surface area (Å²) in [6.45, 7) is 6.77. The van der Waals surface area contributed by atoms with E-state index in [1.807, 2.05) is 6.92 Å². The van der Waals surface area contributed by atoms with Crippen molar-refractivity contribution in [3.63, 3.8) is 0 Å². The first kappa shape index (κ1) is 19.4. The third-order valence-corrected chi connectivity index (χ3v) is 6.99. The number of halogens is 1. The van der Waals surface area contributed by atoms with E-state index in [2.05, 4.69) is 18.9 Å². The van der Waals surface area contributed by atoms with Gasteiger partial charge in [0.25, 0.3) is 0 Å². The number of hydrogen-bond donors (Lipinski definition) is 0. The standard InChI is InChI=1S/C18H26ClN3O3S/c1-12(2)10-21-18(19)16(13(3)20-21)6-7-17(23)22(14-4-5-14)15-8-9-26(24,25)11-15/h6-7,12,14-15H,4-5,8-11H2,1-3H3. The van der Waals surface area contributed by atoms with Crippen LogP contribution < -0.4 is 0 Å². The largest absolute Gasteiger partial charge is 0.332 e. The highest BCUT2D eigenvalue weighted by molar-refractivity contribution is 7.91. The van der Waals surface area contributed by atoms with Crippen LogP contribution >= 0.6 is 11.6 Å². The Morgan fingerprint density at radius 2 is 2.04 bits per heavy atom. The fraction of sp³-hybridized carbons (Fsp3) is 0.667. The molecular weight excluding hydrogens is 374 g/mol. The summed E-state index contributed by atoms with van der Waals surface area (Å²) in [6.07, 6.45) is 5.65. The number of sulfone groups is 1. The molecule has 1 atom stereocenters. The zero-order valence-electron chi connectivity index (χ0n) is 15.5. The molecule has 6 nitrogen and oxygen atoms in total. The Kier molecular flexibility index (Phi) is 5.49. The number of carbonyl (C=O) groups excluding carboxylic acids is 1. The van der Waals surface area contributed by atoms with E-state index in [1.165, 1.54) is 6.08 Å². The second kappa shape index (κ2) is 7.35. The van der Waals surface area contributed by atoms with Gasteiger partial charge < -0.3 is 4.90 Å². The van der Waals surface area contributed by atoms with Crippen molar-refractivity contribution in [3.05, 3.63) is 22.5 Å². The van der Waals surface area contributed by atoms with Crippen molar-refractivity contribution in [2.24, 2.45) is 5.92 Å². The summed E-state index contributed by atoms with van der Waals surface area (Å²) in [7, 11) is -3.02. The molecule has 1 aliphatic carbocycles. The van der Waals surface area contributed by atoms with Crippen molar-refractivity contribution in [1.82, 2.24) is 14.7 Å². The maximum Gasteiger partial charge on any atom is 0.247 e. The number of amides is 1. The highest BCUT2D eigenvalue weighted by atomic mass is 35.5. The van der Waals surface area contributed by atoms with Crippen molar-refractivity contribution in [1.29, 1.82) is 0 Å². The fourth-order valence-corrected chi connectivity index (χ4v) is 5.49. The number of aromatic nitrogens is 2. The van der Waals surface area contributed by atoms with Gasteiger partial charge in [0.05, 0.1) is 17.2 Å². The molecule has 26 heavy (non-hydrogen) atoms. The lowest BCUT2D eigenvalue weighted by Gasteiger charge is -2.27. The lowest BCUT2D eigenvalue weighted by molar-refractivity contribution is -0.128. The summed E-state index contributed by atoms with van der Waals surface area (Å²) in [6, 6.07) is -0.0319. The van der Waals surface area contributed by atoms with E-state index in [0.717, 1.165) is 30.6 Å². The lowest BCUT2D eigenvalue weighted by atomic mass is 10.2. The maximum atomic E-state index is 12.8. The molecule has 0 N–H and O–H groups in total. The van der Waals surface area contributed by atoms with Crippen LogP contribution in [0, 0.1) is 12.8 Å². The molecule has 1 aromatic heterocycles. The van der Waals surface area contributed by atoms with Crippen LogP contribution in [-0.2, 0) is 21.2 Å². The number of carbonyl (C=O) groups is 1. The molecule has 0 spiro atoms. The van der Waals surface area contributed by atoms with Gasteiger partial charge in [0.15, 0.2) is 9.84 Å². The van der Waals surface area contributed by atoms with Crippen LogP contribution in [0.2, 0.25) is 5.15 Å². The molecule has 1 saturated carbocycles. The summed E-state index contributed by atoms with van der Waals surface area (Å²) in [5.74, 6) is 0.529. The first-order chi connectivity index (χ1) is 12.2. The molecule has 0 aromatic carbocycles. The summed E-state index contributed by atoms with van der Waals surface area (Å²) >= 11 is 6.42. The van der Waals surface area contributed by atoms with Gasteiger partial charge in [-0.2, -0.15) is 5.10 Å². The van der Waals surface area contributed by atoms with Gasteiger partial charge in [0.2, 0.25) is 5.91 Å². The second-order valence-corrected chi connectivity index (χ2v) is 10.3. The molecule has 2 heterocycles. The normalized spacial score (nSPS) is 22.4. The summed E-state index contributed by atoms with van der Waals surface area (Å²) in [5.41, 5.74) is 1.52. The van der Waals surface area contributed by atoms with Gasteiger partial charge in [-0.1, -0.05) is 25.4 Å². The zero-order valence-corrected chi connectivity index (χ0v) is 17.1. The number of nitrogens with zero attached hydrogens (tertiary/aromatic N) is 3. The maximum absolute atomic E-state index is 12.8. The van der Waals surface area contributed by atoms with Crippen LogP contribution in [0.1, 0.15) is 44.4 Å². The third kappa shape index (κ3) is 4.31. The van der Waals surface area contributed by atoms with Crippen LogP contribution in [0.25, 0.3) is 6.08 Å². The predicted octanol–water partition coefficient (Wildman–Crippen LogP) is 2.69. The van der Waals surface area contributed by atoms with Crippen molar-refractivity contribution < 1.29 is 13.2 Å². The van der Waals surface area contributed by atoms with E-state index in [-0.39, 0.29) is 29.5 Å². The molecule has 8 heteroatoms. The summed E-state index contributed by atoms with van der Waals surface area (Å²) < 4.78 is 25.3. The fourth-order valence-electron chi connectivity index (χ4n) is 3.47. The minimum Gasteiger partial charge on any atom is -0.332 e. The van der Waals surface area contributed by atoms with Crippen LogP contribution in [0.4, 0.5) is 0 Å². The Balaban J connectivity index is 1.77. The van der Waals surface area contributed by atoms with Gasteiger partial charge in [-0.25, -0.2) is 8.42 Å². The van der Waals surface area contributed by atoms with Gasteiger partial charge >= 0.3 is 0 Å². The first-order valence-corrected chi connectivity index (χ1v) is 11.3. The minimum atomic E-state index is -3.02. The molecule has 3 rings (SSSR count). The molecule has 2 fully saturated rings. The molecular formula is C18H26ClN3O3S. The second-order valence-electron chi connectivity index (χ2n) is 7.73. The van der Waals surface area contributed by atoms with E-state index < -0.39 is 9.84 Å². The van der Waals surface area contributed by atoms with Crippen molar-refractivity contribution in [2.75, 3.05) is 11.5 Å². The lowest BCUT2D eigenvalue weighted by Crippen LogP contribution is -2.41.